The Morgan fingerprint density at radius 2 is 2.04 bits per heavy atom. The van der Waals surface area contributed by atoms with Crippen molar-refractivity contribution in [1.82, 2.24) is 24.8 Å². The van der Waals surface area contributed by atoms with Gasteiger partial charge in [-0.2, -0.15) is 0 Å². The van der Waals surface area contributed by atoms with Gasteiger partial charge in [0.05, 0.1) is 5.69 Å². The third-order valence-electron chi connectivity index (χ3n) is 5.59. The lowest BCUT2D eigenvalue weighted by Gasteiger charge is -2.33. The van der Waals surface area contributed by atoms with Crippen molar-refractivity contribution in [2.24, 2.45) is 5.92 Å². The summed E-state index contributed by atoms with van der Waals surface area (Å²) in [5, 5.41) is 0. The van der Waals surface area contributed by atoms with Gasteiger partial charge in [0, 0.05) is 70.3 Å². The number of hydrogen-bond donors (Lipinski definition) is 1. The lowest BCUT2D eigenvalue weighted by Crippen LogP contribution is -2.39. The van der Waals surface area contributed by atoms with E-state index in [2.05, 4.69) is 31.7 Å². The van der Waals surface area contributed by atoms with Gasteiger partial charge in [-0.3, -0.25) is 14.7 Å². The van der Waals surface area contributed by atoms with Gasteiger partial charge in [0.25, 0.3) is 5.56 Å². The van der Waals surface area contributed by atoms with Crippen molar-refractivity contribution in [1.29, 1.82) is 0 Å². The molecule has 1 atom stereocenters. The monoisotopic (exact) mass is 383 g/mol. The van der Waals surface area contributed by atoms with Gasteiger partial charge in [-0.05, 0) is 25.2 Å². The first kappa shape index (κ1) is 18.9. The van der Waals surface area contributed by atoms with Gasteiger partial charge in [0.2, 0.25) is 11.9 Å². The molecule has 0 amide bonds. The molecule has 2 aromatic rings. The van der Waals surface area contributed by atoms with E-state index in [9.17, 15) is 4.79 Å². The lowest BCUT2D eigenvalue weighted by atomic mass is 10.0. The lowest BCUT2D eigenvalue weighted by molar-refractivity contribution is 0.240. The minimum absolute atomic E-state index is 0.0246. The maximum absolute atomic E-state index is 12.6. The van der Waals surface area contributed by atoms with Gasteiger partial charge in [0.15, 0.2) is 0 Å². The Hall–Kier alpha value is -2.48. The van der Waals surface area contributed by atoms with Crippen molar-refractivity contribution < 1.29 is 0 Å². The Kier molecular flexibility index (Phi) is 5.30. The fraction of sp³-hybridized carbons (Fsp3) is 0.600. The van der Waals surface area contributed by atoms with Crippen molar-refractivity contribution in [2.45, 2.75) is 39.3 Å². The number of nitrogens with one attached hydrogen (secondary N) is 1. The van der Waals surface area contributed by atoms with Crippen LogP contribution in [0.15, 0.2) is 17.2 Å². The highest BCUT2D eigenvalue weighted by Gasteiger charge is 2.24. The first-order valence-corrected chi connectivity index (χ1v) is 10.1. The Bertz CT molecular complexity index is 877. The van der Waals surface area contributed by atoms with E-state index in [4.69, 9.17) is 4.98 Å². The Labute approximate surface area is 165 Å². The van der Waals surface area contributed by atoms with Gasteiger partial charge in [0.1, 0.15) is 0 Å². The molecule has 8 nitrogen and oxygen atoms in total. The summed E-state index contributed by atoms with van der Waals surface area (Å²) in [5.41, 5.74) is 2.85. The van der Waals surface area contributed by atoms with Crippen LogP contribution in [0, 0.1) is 5.92 Å². The third kappa shape index (κ3) is 4.01. The Morgan fingerprint density at radius 1 is 1.25 bits per heavy atom. The average molecular weight is 384 g/mol. The van der Waals surface area contributed by atoms with E-state index in [1.165, 1.54) is 6.42 Å². The van der Waals surface area contributed by atoms with Crippen LogP contribution < -0.4 is 15.4 Å². The molecule has 0 saturated carbocycles. The molecule has 0 unspecified atom stereocenters. The van der Waals surface area contributed by atoms with E-state index in [1.54, 1.807) is 0 Å². The Morgan fingerprint density at radius 3 is 2.75 bits per heavy atom. The number of hydrogen-bond acceptors (Lipinski definition) is 7. The van der Waals surface area contributed by atoms with Crippen molar-refractivity contribution in [3.63, 3.8) is 0 Å². The van der Waals surface area contributed by atoms with Gasteiger partial charge in [-0.15, -0.1) is 0 Å². The van der Waals surface area contributed by atoms with Crippen LogP contribution in [0.3, 0.4) is 0 Å². The van der Waals surface area contributed by atoms with Crippen LogP contribution in [-0.4, -0.2) is 58.6 Å². The van der Waals surface area contributed by atoms with Gasteiger partial charge in [-0.1, -0.05) is 6.92 Å². The molecule has 4 heterocycles. The molecule has 1 fully saturated rings. The zero-order valence-corrected chi connectivity index (χ0v) is 17.0. The quantitative estimate of drug-likeness (QED) is 0.855. The van der Waals surface area contributed by atoms with E-state index >= 15 is 0 Å². The average Bonchev–Trinajstić information content (AvgIpc) is 2.68. The molecule has 28 heavy (non-hydrogen) atoms. The molecule has 1 N–H and O–H groups in total. The summed E-state index contributed by atoms with van der Waals surface area (Å²) in [6.07, 6.45) is 6.88. The molecule has 4 rings (SSSR count). The fourth-order valence-electron chi connectivity index (χ4n) is 4.07. The molecule has 0 bridgehead atoms. The second kappa shape index (κ2) is 7.87. The fourth-order valence-corrected chi connectivity index (χ4v) is 4.07. The molecule has 2 aromatic heterocycles. The molecule has 0 aromatic carbocycles. The predicted octanol–water partition coefficient (Wildman–Crippen LogP) is 1.42. The zero-order chi connectivity index (χ0) is 19.7. The summed E-state index contributed by atoms with van der Waals surface area (Å²) >= 11 is 0. The maximum atomic E-state index is 12.6. The van der Waals surface area contributed by atoms with Crippen molar-refractivity contribution >= 4 is 11.9 Å². The van der Waals surface area contributed by atoms with E-state index in [0.29, 0.717) is 18.4 Å². The standard InChI is InChI=1S/C20H29N7O/c1-14-5-4-7-27(11-14)20-23-17-13-26(8-6-16(17)18(28)24-20)12-15-9-21-19(22-10-15)25(2)3/h9-10,14H,4-8,11-13H2,1-3H3,(H,23,24,28)/t14-/m1/s1. The summed E-state index contributed by atoms with van der Waals surface area (Å²) in [4.78, 5) is 35.7. The topological polar surface area (TPSA) is 81.2 Å². The smallest absolute Gasteiger partial charge is 0.255 e. The second-order valence-electron chi connectivity index (χ2n) is 8.25. The second-order valence-corrected chi connectivity index (χ2v) is 8.25. The number of fused-ring (bicyclic) bond motifs is 1. The number of aromatic amines is 1. The highest BCUT2D eigenvalue weighted by molar-refractivity contribution is 5.35. The number of H-pyrrole nitrogens is 1. The SMILES string of the molecule is C[C@@H]1CCCN(c2nc3c(c(=O)[nH]2)CCN(Cc2cnc(N(C)C)nc2)C3)C1. The summed E-state index contributed by atoms with van der Waals surface area (Å²) in [7, 11) is 3.86. The number of anilines is 2. The molecule has 0 radical (unpaired) electrons. The molecule has 0 aliphatic carbocycles. The van der Waals surface area contributed by atoms with Crippen molar-refractivity contribution in [2.75, 3.05) is 43.5 Å². The number of nitrogens with zero attached hydrogens (tertiary/aromatic N) is 6. The van der Waals surface area contributed by atoms with E-state index < -0.39 is 0 Å². The largest absolute Gasteiger partial charge is 0.347 e. The first-order valence-electron chi connectivity index (χ1n) is 10.1. The summed E-state index contributed by atoms with van der Waals surface area (Å²) in [5.74, 6) is 2.08. The molecular weight excluding hydrogens is 354 g/mol. The minimum Gasteiger partial charge on any atom is -0.347 e. The minimum atomic E-state index is 0.0246. The molecule has 2 aliphatic rings. The summed E-state index contributed by atoms with van der Waals surface area (Å²) in [6, 6.07) is 0. The van der Waals surface area contributed by atoms with Crippen molar-refractivity contribution in [3.8, 4) is 0 Å². The molecule has 8 heteroatoms. The summed E-state index contributed by atoms with van der Waals surface area (Å²) < 4.78 is 0. The maximum Gasteiger partial charge on any atom is 0.255 e. The van der Waals surface area contributed by atoms with Crippen molar-refractivity contribution in [3.05, 3.63) is 39.6 Å². The van der Waals surface area contributed by atoms with Gasteiger partial charge < -0.3 is 9.80 Å². The van der Waals surface area contributed by atoms with Crippen LogP contribution in [0.1, 0.15) is 36.6 Å². The third-order valence-corrected chi connectivity index (χ3v) is 5.59. The highest BCUT2D eigenvalue weighted by Crippen LogP contribution is 2.22. The van der Waals surface area contributed by atoms with E-state index in [1.807, 2.05) is 31.4 Å². The molecule has 1 saturated heterocycles. The van der Waals surface area contributed by atoms with Gasteiger partial charge >= 0.3 is 0 Å². The van der Waals surface area contributed by atoms with E-state index in [-0.39, 0.29) is 5.56 Å². The van der Waals surface area contributed by atoms with Crippen LogP contribution in [0.5, 0.6) is 0 Å². The normalized spacial score (nSPS) is 20.1. The molecule has 2 aliphatic heterocycles. The molecule has 0 spiro atoms. The first-order chi connectivity index (χ1) is 13.5. The predicted molar refractivity (Wildman–Crippen MR) is 110 cm³/mol. The van der Waals surface area contributed by atoms with Crippen LogP contribution in [-0.2, 0) is 19.5 Å². The zero-order valence-electron chi connectivity index (χ0n) is 17.0. The number of aromatic nitrogens is 4. The molecular formula is C20H29N7O. The number of rotatable bonds is 4. The Balaban J connectivity index is 1.50. The van der Waals surface area contributed by atoms with Gasteiger partial charge in [-0.25, -0.2) is 15.0 Å². The van der Waals surface area contributed by atoms with Crippen LogP contribution in [0.4, 0.5) is 11.9 Å². The number of piperidine rings is 1. The summed E-state index contributed by atoms with van der Waals surface area (Å²) in [6.45, 7) is 6.47. The van der Waals surface area contributed by atoms with Crippen LogP contribution in [0.2, 0.25) is 0 Å². The van der Waals surface area contributed by atoms with Crippen LogP contribution >= 0.6 is 0 Å². The molecule has 150 valence electrons. The highest BCUT2D eigenvalue weighted by atomic mass is 16.1. The van der Waals surface area contributed by atoms with Crippen LogP contribution in [0.25, 0.3) is 0 Å². The van der Waals surface area contributed by atoms with E-state index in [0.717, 1.165) is 61.8 Å².